The molecule has 1 atom stereocenters. The first-order valence-corrected chi connectivity index (χ1v) is 7.73. The molecule has 120 valence electrons. The Balaban J connectivity index is 1.55. The van der Waals surface area contributed by atoms with E-state index in [4.69, 9.17) is 4.74 Å². The normalized spacial score (nSPS) is 18.7. The van der Waals surface area contributed by atoms with Gasteiger partial charge in [0, 0.05) is 19.3 Å². The van der Waals surface area contributed by atoms with Crippen LogP contribution in [0.4, 0.5) is 5.82 Å². The van der Waals surface area contributed by atoms with E-state index in [1.54, 1.807) is 6.33 Å². The Labute approximate surface area is 133 Å². The zero-order valence-electron chi connectivity index (χ0n) is 13.2. The van der Waals surface area contributed by atoms with Crippen molar-refractivity contribution in [3.8, 4) is 0 Å². The van der Waals surface area contributed by atoms with Gasteiger partial charge in [0.1, 0.15) is 29.4 Å². The van der Waals surface area contributed by atoms with Crippen LogP contribution in [-0.2, 0) is 11.3 Å². The van der Waals surface area contributed by atoms with Crippen LogP contribution in [0.15, 0.2) is 18.6 Å². The van der Waals surface area contributed by atoms with Gasteiger partial charge in [-0.1, -0.05) is 0 Å². The monoisotopic (exact) mass is 313 g/mol. The topological polar surface area (TPSA) is 84.8 Å². The lowest BCUT2D eigenvalue weighted by atomic mass is 10.2. The molecule has 23 heavy (non-hydrogen) atoms. The highest BCUT2D eigenvalue weighted by Gasteiger charge is 2.24. The number of morpholine rings is 1. The molecule has 0 aromatic carbocycles. The maximum absolute atomic E-state index is 5.91. The molecule has 1 saturated heterocycles. The van der Waals surface area contributed by atoms with Crippen LogP contribution in [0.2, 0.25) is 0 Å². The van der Waals surface area contributed by atoms with Crippen LogP contribution in [-0.4, -0.2) is 55.5 Å². The van der Waals surface area contributed by atoms with Crippen LogP contribution < -0.4 is 4.90 Å². The molecule has 4 rings (SSSR count). The summed E-state index contributed by atoms with van der Waals surface area (Å²) >= 11 is 0. The van der Waals surface area contributed by atoms with Crippen molar-refractivity contribution < 1.29 is 4.74 Å². The maximum Gasteiger partial charge on any atom is 0.147 e. The predicted molar refractivity (Wildman–Crippen MR) is 85.3 cm³/mol. The summed E-state index contributed by atoms with van der Waals surface area (Å²) in [4.78, 5) is 18.5. The van der Waals surface area contributed by atoms with Gasteiger partial charge in [-0.3, -0.25) is 0 Å². The molecule has 0 bridgehead atoms. The minimum atomic E-state index is 0.0625. The van der Waals surface area contributed by atoms with E-state index in [-0.39, 0.29) is 6.10 Å². The summed E-state index contributed by atoms with van der Waals surface area (Å²) in [5, 5.41) is 5.46. The molecule has 1 N–H and O–H groups in total. The van der Waals surface area contributed by atoms with Crippen molar-refractivity contribution in [2.75, 3.05) is 24.6 Å². The van der Waals surface area contributed by atoms with Crippen LogP contribution in [0.3, 0.4) is 0 Å². The molecular formula is C15H19N7O. The summed E-state index contributed by atoms with van der Waals surface area (Å²) in [5.74, 6) is 2.66. The Morgan fingerprint density at radius 1 is 1.35 bits per heavy atom. The van der Waals surface area contributed by atoms with Gasteiger partial charge in [0.05, 0.1) is 24.6 Å². The lowest BCUT2D eigenvalue weighted by Crippen LogP contribution is -2.45. The number of fused-ring (bicyclic) bond motifs is 1. The van der Waals surface area contributed by atoms with Gasteiger partial charge in [-0.2, -0.15) is 5.10 Å². The molecule has 8 nitrogen and oxygen atoms in total. The molecule has 0 saturated carbocycles. The molecular weight excluding hydrogens is 294 g/mol. The molecule has 3 aromatic heterocycles. The summed E-state index contributed by atoms with van der Waals surface area (Å²) in [6.45, 7) is 6.84. The highest BCUT2D eigenvalue weighted by molar-refractivity contribution is 5.87. The van der Waals surface area contributed by atoms with E-state index < -0.39 is 0 Å². The molecule has 0 aliphatic carbocycles. The number of rotatable bonds is 3. The fourth-order valence-electron chi connectivity index (χ4n) is 3.06. The van der Waals surface area contributed by atoms with E-state index in [0.717, 1.165) is 41.6 Å². The average molecular weight is 313 g/mol. The molecule has 0 unspecified atom stereocenters. The maximum atomic E-state index is 5.91. The Morgan fingerprint density at radius 2 is 2.26 bits per heavy atom. The summed E-state index contributed by atoms with van der Waals surface area (Å²) in [6, 6.07) is 2.01. The Morgan fingerprint density at radius 3 is 3.09 bits per heavy atom. The fraction of sp³-hybridized carbons (Fsp3) is 0.467. The van der Waals surface area contributed by atoms with Gasteiger partial charge in [0.25, 0.3) is 0 Å². The van der Waals surface area contributed by atoms with Crippen LogP contribution in [0.5, 0.6) is 0 Å². The average Bonchev–Trinajstić information content (AvgIpc) is 3.14. The molecule has 1 fully saturated rings. The van der Waals surface area contributed by atoms with E-state index >= 15 is 0 Å². The SMILES string of the molecule is Cc1nc(C)n(C[C@@H]2CN(c3ncnc4[nH]ccc34)CCO2)n1. The van der Waals surface area contributed by atoms with Gasteiger partial charge >= 0.3 is 0 Å². The number of aromatic amines is 1. The van der Waals surface area contributed by atoms with E-state index in [9.17, 15) is 0 Å². The fourth-order valence-corrected chi connectivity index (χ4v) is 3.06. The van der Waals surface area contributed by atoms with Crippen molar-refractivity contribution in [2.24, 2.45) is 0 Å². The molecule has 0 spiro atoms. The van der Waals surface area contributed by atoms with Gasteiger partial charge in [-0.05, 0) is 19.9 Å². The van der Waals surface area contributed by atoms with Gasteiger partial charge in [-0.15, -0.1) is 0 Å². The number of nitrogens with zero attached hydrogens (tertiary/aromatic N) is 6. The van der Waals surface area contributed by atoms with Crippen LogP contribution in [0.1, 0.15) is 11.6 Å². The second-order valence-corrected chi connectivity index (χ2v) is 5.76. The second kappa shape index (κ2) is 5.62. The third-order valence-electron chi connectivity index (χ3n) is 4.11. The third kappa shape index (κ3) is 2.65. The zero-order valence-corrected chi connectivity index (χ0v) is 13.2. The predicted octanol–water partition coefficient (Wildman–Crippen LogP) is 1.07. The largest absolute Gasteiger partial charge is 0.373 e. The van der Waals surface area contributed by atoms with Crippen molar-refractivity contribution in [2.45, 2.75) is 26.5 Å². The highest BCUT2D eigenvalue weighted by Crippen LogP contribution is 2.24. The zero-order chi connectivity index (χ0) is 15.8. The number of nitrogens with one attached hydrogen (secondary N) is 1. The highest BCUT2D eigenvalue weighted by atomic mass is 16.5. The number of aromatic nitrogens is 6. The van der Waals surface area contributed by atoms with Crippen LogP contribution in [0, 0.1) is 13.8 Å². The number of hydrogen-bond acceptors (Lipinski definition) is 6. The number of hydrogen-bond donors (Lipinski definition) is 1. The standard InChI is InChI=1S/C15H19N7O/c1-10-19-11(2)22(20-10)8-12-7-21(5-6-23-12)15-13-3-4-16-14(13)17-9-18-15/h3-4,9,12H,5-8H2,1-2H3,(H,16,17,18)/t12-/m0/s1. The minimum absolute atomic E-state index is 0.0625. The third-order valence-corrected chi connectivity index (χ3v) is 4.11. The van der Waals surface area contributed by atoms with Crippen LogP contribution >= 0.6 is 0 Å². The Hall–Kier alpha value is -2.48. The number of ether oxygens (including phenoxy) is 1. The summed E-state index contributed by atoms with van der Waals surface area (Å²) in [6.07, 6.45) is 3.55. The number of aryl methyl sites for hydroxylation is 2. The first kappa shape index (κ1) is 14.1. The number of H-pyrrole nitrogens is 1. The molecule has 0 amide bonds. The van der Waals surface area contributed by atoms with E-state index in [1.807, 2.05) is 30.8 Å². The first-order valence-electron chi connectivity index (χ1n) is 7.73. The first-order chi connectivity index (χ1) is 11.2. The summed E-state index contributed by atoms with van der Waals surface area (Å²) in [5.41, 5.74) is 0.862. The van der Waals surface area contributed by atoms with E-state index in [2.05, 4.69) is 29.9 Å². The smallest absolute Gasteiger partial charge is 0.147 e. The van der Waals surface area contributed by atoms with Gasteiger partial charge in [0.2, 0.25) is 0 Å². The number of anilines is 1. The van der Waals surface area contributed by atoms with Crippen molar-refractivity contribution in [1.82, 2.24) is 29.7 Å². The Kier molecular flexibility index (Phi) is 3.45. The summed E-state index contributed by atoms with van der Waals surface area (Å²) < 4.78 is 7.82. The molecule has 1 aliphatic heterocycles. The molecule has 8 heteroatoms. The minimum Gasteiger partial charge on any atom is -0.373 e. The van der Waals surface area contributed by atoms with Crippen LogP contribution in [0.25, 0.3) is 11.0 Å². The van der Waals surface area contributed by atoms with Crippen molar-refractivity contribution in [3.05, 3.63) is 30.2 Å². The quantitative estimate of drug-likeness (QED) is 0.778. The lowest BCUT2D eigenvalue weighted by Gasteiger charge is -2.34. The van der Waals surface area contributed by atoms with Crippen molar-refractivity contribution in [3.63, 3.8) is 0 Å². The summed E-state index contributed by atoms with van der Waals surface area (Å²) in [7, 11) is 0. The second-order valence-electron chi connectivity index (χ2n) is 5.76. The van der Waals surface area contributed by atoms with Gasteiger partial charge in [0.15, 0.2) is 0 Å². The molecule has 4 heterocycles. The van der Waals surface area contributed by atoms with E-state index in [0.29, 0.717) is 13.2 Å². The molecule has 1 aliphatic rings. The molecule has 0 radical (unpaired) electrons. The van der Waals surface area contributed by atoms with Crippen molar-refractivity contribution >= 4 is 16.9 Å². The lowest BCUT2D eigenvalue weighted by molar-refractivity contribution is 0.0268. The molecule has 3 aromatic rings. The van der Waals surface area contributed by atoms with Gasteiger partial charge < -0.3 is 14.6 Å². The van der Waals surface area contributed by atoms with E-state index in [1.165, 1.54) is 0 Å². The van der Waals surface area contributed by atoms with Crippen molar-refractivity contribution in [1.29, 1.82) is 0 Å². The van der Waals surface area contributed by atoms with Gasteiger partial charge in [-0.25, -0.2) is 19.6 Å². The Bertz CT molecular complexity index is 824.